The smallest absolute Gasteiger partial charge is 0.255 e. The fourth-order valence-corrected chi connectivity index (χ4v) is 6.23. The Hall–Kier alpha value is -2.95. The van der Waals surface area contributed by atoms with E-state index in [2.05, 4.69) is 0 Å². The third-order valence-corrected chi connectivity index (χ3v) is 7.41. The quantitative estimate of drug-likeness (QED) is 0.297. The average Bonchev–Trinajstić information content (AvgIpc) is 2.65. The zero-order chi connectivity index (χ0) is 24.6. The first-order chi connectivity index (χ1) is 15.3. The molecule has 33 heavy (non-hydrogen) atoms. The number of ketones is 2. The summed E-state index contributed by atoms with van der Waals surface area (Å²) >= 11 is 0. The topological polar surface area (TPSA) is 165 Å². The molecule has 178 valence electrons. The highest BCUT2D eigenvalue weighted by Gasteiger charge is 2.64. The predicted octanol–water partition coefficient (Wildman–Crippen LogP) is -0.443. The summed E-state index contributed by atoms with van der Waals surface area (Å²) in [5.74, 6) is -10.5. The summed E-state index contributed by atoms with van der Waals surface area (Å²) in [5.41, 5.74) is 6.00. The number of nitrogens with zero attached hydrogens (tertiary/aromatic N) is 2. The monoisotopic (exact) mass is 459 g/mol. The molecule has 0 aromatic heterocycles. The van der Waals surface area contributed by atoms with Gasteiger partial charge in [0.1, 0.15) is 17.1 Å². The number of aliphatic hydroxyl groups is 3. The van der Waals surface area contributed by atoms with Crippen LogP contribution < -0.4 is 10.6 Å². The summed E-state index contributed by atoms with van der Waals surface area (Å²) in [6, 6.07) is 2.14. The molecule has 10 nitrogen and oxygen atoms in total. The van der Waals surface area contributed by atoms with Crippen LogP contribution in [0.3, 0.4) is 0 Å². The van der Waals surface area contributed by atoms with E-state index in [0.717, 1.165) is 5.69 Å². The van der Waals surface area contributed by atoms with Crippen LogP contribution in [0.1, 0.15) is 22.3 Å². The van der Waals surface area contributed by atoms with E-state index < -0.39 is 64.3 Å². The second kappa shape index (κ2) is 7.54. The number of hydrogen-bond donors (Lipinski definition) is 5. The minimum Gasteiger partial charge on any atom is -0.511 e. The first-order valence-electron chi connectivity index (χ1n) is 10.7. The summed E-state index contributed by atoms with van der Waals surface area (Å²) in [5, 5.41) is 44.0. The SMILES string of the molecule is CN(C)c1ccc(O)c2c1CC1CC3C(C(O)=C(C(N)=O)C(=O)[C@H]3N(C)C)C(O)(O)C1C2=O. The summed E-state index contributed by atoms with van der Waals surface area (Å²) in [6.45, 7) is 0. The first kappa shape index (κ1) is 23.2. The minimum absolute atomic E-state index is 0.0167. The number of aliphatic hydroxyl groups excluding tert-OH is 1. The molecule has 0 heterocycles. The Balaban J connectivity index is 1.92. The number of benzene rings is 1. The van der Waals surface area contributed by atoms with Crippen molar-refractivity contribution >= 4 is 23.2 Å². The van der Waals surface area contributed by atoms with Crippen LogP contribution in [0, 0.1) is 23.7 Å². The van der Waals surface area contributed by atoms with Crippen molar-refractivity contribution in [3.8, 4) is 5.75 Å². The van der Waals surface area contributed by atoms with E-state index in [-0.39, 0.29) is 24.2 Å². The molecule has 6 N–H and O–H groups in total. The van der Waals surface area contributed by atoms with Gasteiger partial charge in [0.05, 0.1) is 23.4 Å². The van der Waals surface area contributed by atoms with E-state index in [4.69, 9.17) is 5.73 Å². The van der Waals surface area contributed by atoms with E-state index >= 15 is 0 Å². The molecule has 0 saturated heterocycles. The molecule has 4 unspecified atom stereocenters. The van der Waals surface area contributed by atoms with Crippen LogP contribution in [0.2, 0.25) is 0 Å². The van der Waals surface area contributed by atoms with Crippen molar-refractivity contribution in [2.24, 2.45) is 29.4 Å². The lowest BCUT2D eigenvalue weighted by Crippen LogP contribution is -2.65. The van der Waals surface area contributed by atoms with Gasteiger partial charge in [-0.15, -0.1) is 0 Å². The number of nitrogens with two attached hydrogens (primary N) is 1. The van der Waals surface area contributed by atoms with Gasteiger partial charge in [-0.2, -0.15) is 0 Å². The van der Waals surface area contributed by atoms with Crippen LogP contribution in [0.4, 0.5) is 5.69 Å². The normalized spacial score (nSPS) is 30.6. The summed E-state index contributed by atoms with van der Waals surface area (Å²) < 4.78 is 0. The minimum atomic E-state index is -2.78. The van der Waals surface area contributed by atoms with Gasteiger partial charge in [-0.25, -0.2) is 0 Å². The molecular weight excluding hydrogens is 430 g/mol. The van der Waals surface area contributed by atoms with Gasteiger partial charge >= 0.3 is 0 Å². The molecule has 0 spiro atoms. The fraction of sp³-hybridized carbons (Fsp3) is 0.522. The van der Waals surface area contributed by atoms with E-state index in [1.165, 1.54) is 6.07 Å². The fourth-order valence-electron chi connectivity index (χ4n) is 6.23. The zero-order valence-electron chi connectivity index (χ0n) is 18.9. The molecule has 5 atom stereocenters. The van der Waals surface area contributed by atoms with Crippen LogP contribution in [-0.2, 0) is 16.0 Å². The lowest BCUT2D eigenvalue weighted by molar-refractivity contribution is -0.265. The highest BCUT2D eigenvalue weighted by atomic mass is 16.5. The Bertz CT molecular complexity index is 1090. The number of likely N-dealkylation sites (N-methyl/N-ethyl adjacent to an activating group) is 1. The first-order valence-corrected chi connectivity index (χ1v) is 10.7. The molecule has 3 aliphatic carbocycles. The van der Waals surface area contributed by atoms with Crippen molar-refractivity contribution in [1.82, 2.24) is 4.90 Å². The number of primary amides is 1. The van der Waals surface area contributed by atoms with Gasteiger partial charge < -0.3 is 31.1 Å². The van der Waals surface area contributed by atoms with Crippen molar-refractivity contribution in [1.29, 1.82) is 0 Å². The summed E-state index contributed by atoms with van der Waals surface area (Å²) in [6.07, 6.45) is 0.484. The number of anilines is 1. The van der Waals surface area contributed by atoms with Crippen LogP contribution in [0.15, 0.2) is 23.5 Å². The highest BCUT2D eigenvalue weighted by molar-refractivity contribution is 6.21. The van der Waals surface area contributed by atoms with Crippen LogP contribution in [-0.4, -0.2) is 82.8 Å². The molecule has 1 aromatic rings. The summed E-state index contributed by atoms with van der Waals surface area (Å²) in [7, 11) is 6.84. The van der Waals surface area contributed by atoms with Gasteiger partial charge in [0.2, 0.25) is 0 Å². The van der Waals surface area contributed by atoms with Gasteiger partial charge in [-0.05, 0) is 56.5 Å². The third kappa shape index (κ3) is 3.16. The summed E-state index contributed by atoms with van der Waals surface area (Å²) in [4.78, 5) is 42.0. The molecule has 3 aliphatic rings. The number of amides is 1. The lowest BCUT2D eigenvalue weighted by Gasteiger charge is -2.54. The van der Waals surface area contributed by atoms with Crippen LogP contribution in [0.25, 0.3) is 0 Å². The van der Waals surface area contributed by atoms with E-state index in [9.17, 15) is 34.8 Å². The van der Waals surface area contributed by atoms with E-state index in [1.54, 1.807) is 39.2 Å². The molecule has 10 heteroatoms. The molecule has 1 fully saturated rings. The largest absolute Gasteiger partial charge is 0.511 e. The van der Waals surface area contributed by atoms with Crippen molar-refractivity contribution in [3.05, 3.63) is 34.6 Å². The maximum absolute atomic E-state index is 13.6. The number of aromatic hydroxyl groups is 1. The number of carbonyl (C=O) groups excluding carboxylic acids is 3. The van der Waals surface area contributed by atoms with Crippen molar-refractivity contribution in [2.45, 2.75) is 24.7 Å². The number of carbonyl (C=O) groups is 3. The van der Waals surface area contributed by atoms with Gasteiger partial charge in [0.15, 0.2) is 17.4 Å². The highest BCUT2D eigenvalue weighted by Crippen LogP contribution is 2.55. The Labute approximate surface area is 190 Å². The Kier molecular flexibility index (Phi) is 5.31. The van der Waals surface area contributed by atoms with Gasteiger partial charge in [-0.3, -0.25) is 19.3 Å². The van der Waals surface area contributed by atoms with Crippen LogP contribution >= 0.6 is 0 Å². The number of phenols is 1. The van der Waals surface area contributed by atoms with Crippen LogP contribution in [0.5, 0.6) is 5.75 Å². The molecule has 4 rings (SSSR count). The number of hydrogen-bond acceptors (Lipinski definition) is 9. The van der Waals surface area contributed by atoms with Gasteiger partial charge in [0, 0.05) is 19.8 Å². The van der Waals surface area contributed by atoms with Gasteiger partial charge in [0.25, 0.3) is 5.91 Å². The molecule has 0 bridgehead atoms. The van der Waals surface area contributed by atoms with Crippen molar-refractivity contribution in [3.63, 3.8) is 0 Å². The number of fused-ring (bicyclic) bond motifs is 3. The molecule has 0 aliphatic heterocycles. The number of Topliss-reactive ketones (excluding diaryl/α,β-unsaturated/α-hetero) is 2. The lowest BCUT2D eigenvalue weighted by atomic mass is 9.54. The third-order valence-electron chi connectivity index (χ3n) is 7.41. The molecular formula is C23H29N3O7. The molecule has 1 amide bonds. The predicted molar refractivity (Wildman–Crippen MR) is 118 cm³/mol. The van der Waals surface area contributed by atoms with Crippen molar-refractivity contribution < 1.29 is 34.8 Å². The molecule has 1 aromatic carbocycles. The molecule has 0 radical (unpaired) electrons. The maximum Gasteiger partial charge on any atom is 0.255 e. The average molecular weight is 459 g/mol. The number of rotatable bonds is 3. The number of phenolic OH excluding ortho intramolecular Hbond substituents is 1. The van der Waals surface area contributed by atoms with E-state index in [1.807, 2.05) is 4.90 Å². The Morgan fingerprint density at radius 3 is 2.24 bits per heavy atom. The van der Waals surface area contributed by atoms with Crippen molar-refractivity contribution in [2.75, 3.05) is 33.1 Å². The van der Waals surface area contributed by atoms with Gasteiger partial charge in [-0.1, -0.05) is 0 Å². The standard InChI is InChI=1S/C23H29N3O7/c1-25(2)12-5-6-13(27)14-10(12)7-9-8-11-17(23(32,33)16(9)19(14)28)20(29)15(22(24)31)21(30)18(11)26(3)4/h5-6,9,11,16-18,27,29,32-33H,7-8H2,1-4H3,(H2,24,31)/t9?,11?,16?,17?,18-/m0/s1. The Morgan fingerprint density at radius 2 is 1.70 bits per heavy atom. The second-order valence-electron chi connectivity index (χ2n) is 9.72. The molecule has 1 saturated carbocycles. The second-order valence-corrected chi connectivity index (χ2v) is 9.72. The maximum atomic E-state index is 13.6. The zero-order valence-corrected chi connectivity index (χ0v) is 18.9. The van der Waals surface area contributed by atoms with E-state index in [0.29, 0.717) is 5.56 Å². The Morgan fingerprint density at radius 1 is 1.06 bits per heavy atom.